The van der Waals surface area contributed by atoms with Crippen LogP contribution in [0.5, 0.6) is 5.75 Å². The fraction of sp³-hybridized carbons (Fsp3) is 0.684. The van der Waals surface area contributed by atoms with Gasteiger partial charge in [-0.15, -0.1) is 0 Å². The van der Waals surface area contributed by atoms with Crippen LogP contribution in [0.3, 0.4) is 0 Å². The Hall–Kier alpha value is -1.06. The lowest BCUT2D eigenvalue weighted by Crippen LogP contribution is -2.35. The molecule has 22 heavy (non-hydrogen) atoms. The number of nitrogens with one attached hydrogen (secondary N) is 1. The largest absolute Gasteiger partial charge is 0.491 e. The first-order chi connectivity index (χ1) is 10.6. The second-order valence-electron chi connectivity index (χ2n) is 7.35. The summed E-state index contributed by atoms with van der Waals surface area (Å²) in [6.07, 6.45) is 5.06. The molecule has 2 aliphatic carbocycles. The van der Waals surface area contributed by atoms with E-state index in [1.165, 1.54) is 31.2 Å². The third-order valence-corrected chi connectivity index (χ3v) is 5.25. The molecule has 122 valence electrons. The molecule has 0 aromatic heterocycles. The molecule has 2 fully saturated rings. The molecule has 0 amide bonds. The molecule has 0 spiro atoms. The fourth-order valence-electron chi connectivity index (χ4n) is 4.16. The van der Waals surface area contributed by atoms with Crippen LogP contribution in [0.4, 0.5) is 0 Å². The minimum absolute atomic E-state index is 0.359. The molecule has 0 aliphatic heterocycles. The first-order valence-electron chi connectivity index (χ1n) is 8.76. The fourth-order valence-corrected chi connectivity index (χ4v) is 4.16. The first-order valence-corrected chi connectivity index (χ1v) is 8.76. The van der Waals surface area contributed by atoms with Crippen molar-refractivity contribution in [1.29, 1.82) is 0 Å². The monoisotopic (exact) mass is 303 g/mol. The lowest BCUT2D eigenvalue weighted by molar-refractivity contribution is 0.103. The van der Waals surface area contributed by atoms with Gasteiger partial charge in [-0.3, -0.25) is 0 Å². The molecule has 3 rings (SSSR count). The van der Waals surface area contributed by atoms with Crippen molar-refractivity contribution in [2.24, 2.45) is 11.8 Å². The average molecular weight is 303 g/mol. The minimum Gasteiger partial charge on any atom is -0.491 e. The van der Waals surface area contributed by atoms with Crippen LogP contribution in [0.1, 0.15) is 51.0 Å². The topological polar surface area (TPSA) is 41.5 Å². The molecule has 2 aliphatic rings. The van der Waals surface area contributed by atoms with Crippen molar-refractivity contribution in [3.05, 3.63) is 29.8 Å². The summed E-state index contributed by atoms with van der Waals surface area (Å²) in [4.78, 5) is 0. The third-order valence-electron chi connectivity index (χ3n) is 5.25. The van der Waals surface area contributed by atoms with Crippen LogP contribution in [0, 0.1) is 11.8 Å². The number of para-hydroxylation sites is 1. The molecule has 2 saturated carbocycles. The van der Waals surface area contributed by atoms with Gasteiger partial charge in [-0.1, -0.05) is 38.5 Å². The molecule has 0 heterocycles. The number of rotatable bonds is 7. The highest BCUT2D eigenvalue weighted by atomic mass is 16.5. The van der Waals surface area contributed by atoms with Gasteiger partial charge in [0.15, 0.2) is 0 Å². The summed E-state index contributed by atoms with van der Waals surface area (Å²) in [5, 5.41) is 13.3. The second-order valence-corrected chi connectivity index (χ2v) is 7.35. The van der Waals surface area contributed by atoms with Crippen LogP contribution < -0.4 is 10.1 Å². The Kier molecular flexibility index (Phi) is 5.04. The van der Waals surface area contributed by atoms with Gasteiger partial charge < -0.3 is 15.2 Å². The van der Waals surface area contributed by atoms with Gasteiger partial charge >= 0.3 is 0 Å². The summed E-state index contributed by atoms with van der Waals surface area (Å²) in [7, 11) is 0. The van der Waals surface area contributed by atoms with Crippen molar-refractivity contribution < 1.29 is 9.84 Å². The lowest BCUT2D eigenvalue weighted by Gasteiger charge is -2.25. The average Bonchev–Trinajstić information content (AvgIpc) is 3.14. The van der Waals surface area contributed by atoms with E-state index in [1.54, 1.807) is 0 Å². The number of aliphatic hydroxyl groups excluding tert-OH is 1. The van der Waals surface area contributed by atoms with Gasteiger partial charge in [-0.05, 0) is 48.6 Å². The number of hydrogen-bond donors (Lipinski definition) is 2. The number of hydrogen-bond acceptors (Lipinski definition) is 3. The minimum atomic E-state index is -0.463. The zero-order valence-electron chi connectivity index (χ0n) is 13.8. The van der Waals surface area contributed by atoms with Gasteiger partial charge in [-0.2, -0.15) is 0 Å². The highest BCUT2D eigenvalue weighted by Crippen LogP contribution is 2.54. The maximum absolute atomic E-state index is 10.0. The highest BCUT2D eigenvalue weighted by molar-refractivity contribution is 5.38. The maximum atomic E-state index is 10.0. The molecule has 0 radical (unpaired) electrons. The van der Waals surface area contributed by atoms with Crippen LogP contribution in [-0.2, 0) is 0 Å². The Morgan fingerprint density at radius 1 is 1.23 bits per heavy atom. The van der Waals surface area contributed by atoms with Gasteiger partial charge in [-0.25, -0.2) is 0 Å². The van der Waals surface area contributed by atoms with Crippen LogP contribution in [-0.4, -0.2) is 30.4 Å². The molecular weight excluding hydrogens is 274 g/mol. The number of ether oxygens (including phenoxy) is 1. The lowest BCUT2D eigenvalue weighted by atomic mass is 9.83. The molecule has 4 atom stereocenters. The Morgan fingerprint density at radius 2 is 2.05 bits per heavy atom. The van der Waals surface area contributed by atoms with Crippen molar-refractivity contribution in [3.63, 3.8) is 0 Å². The summed E-state index contributed by atoms with van der Waals surface area (Å²) in [5.74, 6) is 3.43. The van der Waals surface area contributed by atoms with Crippen LogP contribution in [0.25, 0.3) is 0 Å². The third kappa shape index (κ3) is 3.64. The van der Waals surface area contributed by atoms with Gasteiger partial charge in [0, 0.05) is 12.6 Å². The van der Waals surface area contributed by atoms with Crippen molar-refractivity contribution in [2.45, 2.75) is 57.6 Å². The molecule has 0 saturated heterocycles. The van der Waals surface area contributed by atoms with Crippen LogP contribution >= 0.6 is 0 Å². The Bertz CT molecular complexity index is 488. The van der Waals surface area contributed by atoms with Crippen LogP contribution in [0.2, 0.25) is 0 Å². The molecule has 1 aromatic carbocycles. The summed E-state index contributed by atoms with van der Waals surface area (Å²) in [6, 6.07) is 8.81. The molecular formula is C19H29NO2. The predicted molar refractivity (Wildman–Crippen MR) is 89.3 cm³/mol. The second kappa shape index (κ2) is 7.01. The van der Waals surface area contributed by atoms with Gasteiger partial charge in [0.05, 0.1) is 0 Å². The van der Waals surface area contributed by atoms with Crippen molar-refractivity contribution in [3.8, 4) is 5.75 Å². The summed E-state index contributed by atoms with van der Waals surface area (Å²) >= 11 is 0. The van der Waals surface area contributed by atoms with Crippen LogP contribution in [0.15, 0.2) is 24.3 Å². The maximum Gasteiger partial charge on any atom is 0.122 e. The molecule has 3 nitrogen and oxygen atoms in total. The number of fused-ring (bicyclic) bond motifs is 2. The Morgan fingerprint density at radius 3 is 2.73 bits per heavy atom. The molecule has 2 bridgehead atoms. The quantitative estimate of drug-likeness (QED) is 0.812. The van der Waals surface area contributed by atoms with E-state index < -0.39 is 6.10 Å². The van der Waals surface area contributed by atoms with Gasteiger partial charge in [0.1, 0.15) is 18.5 Å². The molecule has 1 aromatic rings. The zero-order chi connectivity index (χ0) is 15.5. The molecule has 0 unspecified atom stereocenters. The molecule has 3 heteroatoms. The van der Waals surface area contributed by atoms with E-state index in [0.29, 0.717) is 25.1 Å². The van der Waals surface area contributed by atoms with Crippen molar-refractivity contribution in [1.82, 2.24) is 5.32 Å². The van der Waals surface area contributed by atoms with E-state index in [9.17, 15) is 5.11 Å². The predicted octanol–water partition coefficient (Wildman–Crippen LogP) is 3.33. The Balaban J connectivity index is 1.60. The van der Waals surface area contributed by atoms with Gasteiger partial charge in [0.25, 0.3) is 0 Å². The van der Waals surface area contributed by atoms with E-state index in [0.717, 1.165) is 17.6 Å². The molecule has 2 N–H and O–H groups in total. The van der Waals surface area contributed by atoms with E-state index in [2.05, 4.69) is 37.4 Å². The first kappa shape index (κ1) is 15.8. The smallest absolute Gasteiger partial charge is 0.122 e. The summed E-state index contributed by atoms with van der Waals surface area (Å²) < 4.78 is 5.96. The standard InChI is InChI=1S/C19H29NO2/c1-13(2)20-11-16(21)12-22-19-6-4-3-5-17(19)18-10-14-7-8-15(18)9-14/h3-6,13-16,18,20-21H,7-12H2,1-2H3/t14-,15+,16+,18+/m0/s1. The van der Waals surface area contributed by atoms with Crippen molar-refractivity contribution in [2.75, 3.05) is 13.2 Å². The SMILES string of the molecule is CC(C)NC[C@@H](O)COc1ccccc1[C@@H]1C[C@H]2CC[C@@H]1C2. The summed E-state index contributed by atoms with van der Waals surface area (Å²) in [5.41, 5.74) is 1.36. The highest BCUT2D eigenvalue weighted by Gasteiger charge is 2.41. The normalized spacial score (nSPS) is 28.3. The Labute approximate surface area is 134 Å². The summed E-state index contributed by atoms with van der Waals surface area (Å²) in [6.45, 7) is 5.10. The van der Waals surface area contributed by atoms with E-state index in [4.69, 9.17) is 4.74 Å². The number of benzene rings is 1. The van der Waals surface area contributed by atoms with E-state index >= 15 is 0 Å². The van der Waals surface area contributed by atoms with E-state index in [1.807, 2.05) is 6.07 Å². The van der Waals surface area contributed by atoms with Gasteiger partial charge in [0.2, 0.25) is 0 Å². The van der Waals surface area contributed by atoms with Crippen molar-refractivity contribution >= 4 is 0 Å². The number of aliphatic hydroxyl groups is 1. The van der Waals surface area contributed by atoms with E-state index in [-0.39, 0.29) is 0 Å². The zero-order valence-corrected chi connectivity index (χ0v) is 13.8.